The summed E-state index contributed by atoms with van der Waals surface area (Å²) < 4.78 is 31.7. The molecule has 0 aliphatic carbocycles. The highest BCUT2D eigenvalue weighted by Gasteiger charge is 2.19. The molecule has 0 aliphatic rings. The molecule has 1 aromatic carbocycles. The highest BCUT2D eigenvalue weighted by Crippen LogP contribution is 2.29. The summed E-state index contributed by atoms with van der Waals surface area (Å²) in [5.41, 5.74) is 4.31. The van der Waals surface area contributed by atoms with Gasteiger partial charge in [0.1, 0.15) is 5.82 Å². The van der Waals surface area contributed by atoms with Crippen LogP contribution in [0.4, 0.5) is 20.3 Å². The maximum atomic E-state index is 13.5. The number of anilines is 1. The Balaban J connectivity index is 2.33. The van der Waals surface area contributed by atoms with Crippen LogP contribution in [0.15, 0.2) is 24.3 Å². The molecule has 0 fully saturated rings. The molecule has 0 saturated carbocycles. The molecule has 2 rings (SSSR count). The summed E-state index contributed by atoms with van der Waals surface area (Å²) in [7, 11) is 0. The van der Waals surface area contributed by atoms with Gasteiger partial charge in [-0.3, -0.25) is 10.1 Å². The molecule has 9 heteroatoms. The lowest BCUT2D eigenvalue weighted by Crippen LogP contribution is -1.98. The molecule has 1 aromatic heterocycles. The van der Waals surface area contributed by atoms with Crippen molar-refractivity contribution in [3.63, 3.8) is 0 Å². The first-order chi connectivity index (χ1) is 8.97. The van der Waals surface area contributed by atoms with E-state index in [4.69, 9.17) is 10.5 Å². The molecule has 2 N–H and O–H groups in total. The van der Waals surface area contributed by atoms with Gasteiger partial charge in [0.15, 0.2) is 11.6 Å². The molecule has 0 bridgehead atoms. The van der Waals surface area contributed by atoms with Crippen LogP contribution in [-0.2, 0) is 0 Å². The molecule has 0 unspecified atom stereocenters. The number of hydrogen-bond donors (Lipinski definition) is 1. The smallest absolute Gasteiger partial charge is 0.307 e. The Morgan fingerprint density at radius 3 is 2.53 bits per heavy atom. The maximum Gasteiger partial charge on any atom is 0.307 e. The van der Waals surface area contributed by atoms with Crippen molar-refractivity contribution in [3.8, 4) is 11.6 Å². The average Bonchev–Trinajstić information content (AvgIpc) is 2.35. The third-order valence-corrected chi connectivity index (χ3v) is 2.07. The molecule has 19 heavy (non-hydrogen) atoms. The minimum atomic E-state index is -1.22. The number of halogens is 2. The summed E-state index contributed by atoms with van der Waals surface area (Å²) >= 11 is 0. The SMILES string of the molecule is Nc1ccc(Oc2cc(F)c([N+](=O)[O-])cc2F)nn1. The van der Waals surface area contributed by atoms with Crippen molar-refractivity contribution in [2.75, 3.05) is 5.73 Å². The molecular formula is C10H6F2N4O3. The lowest BCUT2D eigenvalue weighted by Gasteiger charge is -2.05. The molecule has 98 valence electrons. The topological polar surface area (TPSA) is 104 Å². The van der Waals surface area contributed by atoms with E-state index >= 15 is 0 Å². The first-order valence-electron chi connectivity index (χ1n) is 4.88. The van der Waals surface area contributed by atoms with Crippen molar-refractivity contribution in [1.29, 1.82) is 0 Å². The summed E-state index contributed by atoms with van der Waals surface area (Å²) in [5.74, 6) is -2.84. The molecule has 7 nitrogen and oxygen atoms in total. The molecule has 0 aliphatic heterocycles. The van der Waals surface area contributed by atoms with E-state index in [0.717, 1.165) is 0 Å². The number of benzene rings is 1. The van der Waals surface area contributed by atoms with Crippen LogP contribution in [0, 0.1) is 21.7 Å². The van der Waals surface area contributed by atoms with E-state index in [1.165, 1.54) is 12.1 Å². The van der Waals surface area contributed by atoms with Crippen LogP contribution >= 0.6 is 0 Å². The van der Waals surface area contributed by atoms with Gasteiger partial charge in [-0.25, -0.2) is 4.39 Å². The largest absolute Gasteiger partial charge is 0.434 e. The van der Waals surface area contributed by atoms with Gasteiger partial charge in [0.25, 0.3) is 0 Å². The van der Waals surface area contributed by atoms with Gasteiger partial charge in [0.2, 0.25) is 11.7 Å². The number of nitro benzene ring substituents is 1. The van der Waals surface area contributed by atoms with Gasteiger partial charge in [-0.1, -0.05) is 0 Å². The normalized spacial score (nSPS) is 10.2. The van der Waals surface area contributed by atoms with E-state index in [1.54, 1.807) is 0 Å². The fourth-order valence-corrected chi connectivity index (χ4v) is 1.23. The van der Waals surface area contributed by atoms with Gasteiger partial charge in [-0.05, 0) is 6.07 Å². The van der Waals surface area contributed by atoms with E-state index in [-0.39, 0.29) is 11.7 Å². The molecule has 0 radical (unpaired) electrons. The number of nitrogens with two attached hydrogens (primary N) is 1. The zero-order valence-corrected chi connectivity index (χ0v) is 9.21. The number of nitro groups is 1. The van der Waals surface area contributed by atoms with Crippen molar-refractivity contribution in [2.45, 2.75) is 0 Å². The fourth-order valence-electron chi connectivity index (χ4n) is 1.23. The van der Waals surface area contributed by atoms with Gasteiger partial charge < -0.3 is 10.5 Å². The quantitative estimate of drug-likeness (QED) is 0.674. The Kier molecular flexibility index (Phi) is 3.19. The average molecular weight is 268 g/mol. The minimum absolute atomic E-state index is 0.124. The molecule has 1 heterocycles. The van der Waals surface area contributed by atoms with Crippen LogP contribution in [0.5, 0.6) is 11.6 Å². The number of hydrogen-bond acceptors (Lipinski definition) is 6. The van der Waals surface area contributed by atoms with Crippen LogP contribution in [-0.4, -0.2) is 15.1 Å². The predicted octanol–water partition coefficient (Wildman–Crippen LogP) is 2.04. The molecule has 0 saturated heterocycles. The Bertz CT molecular complexity index is 633. The number of rotatable bonds is 3. The van der Waals surface area contributed by atoms with Crippen molar-refractivity contribution < 1.29 is 18.4 Å². The summed E-state index contributed by atoms with van der Waals surface area (Å²) in [6, 6.07) is 3.63. The van der Waals surface area contributed by atoms with Gasteiger partial charge in [0, 0.05) is 12.1 Å². The number of nitrogens with zero attached hydrogens (tertiary/aromatic N) is 3. The van der Waals surface area contributed by atoms with E-state index in [9.17, 15) is 18.9 Å². The second kappa shape index (κ2) is 4.80. The number of aromatic nitrogens is 2. The third kappa shape index (κ3) is 2.70. The van der Waals surface area contributed by atoms with Gasteiger partial charge in [0.05, 0.1) is 11.0 Å². The summed E-state index contributed by atoms with van der Waals surface area (Å²) in [6.07, 6.45) is 0. The van der Waals surface area contributed by atoms with Gasteiger partial charge >= 0.3 is 5.69 Å². The van der Waals surface area contributed by atoms with Crippen LogP contribution in [0.1, 0.15) is 0 Å². The van der Waals surface area contributed by atoms with Crippen LogP contribution in [0.2, 0.25) is 0 Å². The fraction of sp³-hybridized carbons (Fsp3) is 0. The third-order valence-electron chi connectivity index (χ3n) is 2.07. The lowest BCUT2D eigenvalue weighted by atomic mass is 10.3. The minimum Gasteiger partial charge on any atom is -0.434 e. The van der Waals surface area contributed by atoms with Gasteiger partial charge in [-0.15, -0.1) is 10.2 Å². The molecule has 0 amide bonds. The number of nitrogen functional groups attached to an aromatic ring is 1. The van der Waals surface area contributed by atoms with E-state index in [1.807, 2.05) is 0 Å². The van der Waals surface area contributed by atoms with Crippen molar-refractivity contribution in [3.05, 3.63) is 46.0 Å². The first-order valence-corrected chi connectivity index (χ1v) is 4.88. The van der Waals surface area contributed by atoms with Crippen LogP contribution in [0.3, 0.4) is 0 Å². The molecule has 2 aromatic rings. The van der Waals surface area contributed by atoms with Crippen molar-refractivity contribution in [1.82, 2.24) is 10.2 Å². The highest BCUT2D eigenvalue weighted by molar-refractivity contribution is 5.41. The van der Waals surface area contributed by atoms with Gasteiger partial charge in [-0.2, -0.15) is 4.39 Å². The van der Waals surface area contributed by atoms with Crippen molar-refractivity contribution >= 4 is 11.5 Å². The Labute approximate surface area is 104 Å². The van der Waals surface area contributed by atoms with Crippen LogP contribution in [0.25, 0.3) is 0 Å². The first kappa shape index (κ1) is 12.6. The number of ether oxygens (including phenoxy) is 1. The lowest BCUT2D eigenvalue weighted by molar-refractivity contribution is -0.387. The Morgan fingerprint density at radius 1 is 1.21 bits per heavy atom. The zero-order chi connectivity index (χ0) is 14.0. The summed E-state index contributed by atoms with van der Waals surface area (Å²) in [6.45, 7) is 0. The second-order valence-corrected chi connectivity index (χ2v) is 3.39. The van der Waals surface area contributed by atoms with Crippen molar-refractivity contribution in [2.24, 2.45) is 0 Å². The molecule has 0 atom stereocenters. The highest BCUT2D eigenvalue weighted by atomic mass is 19.1. The van der Waals surface area contributed by atoms with E-state index in [0.29, 0.717) is 12.1 Å². The zero-order valence-electron chi connectivity index (χ0n) is 9.21. The summed E-state index contributed by atoms with van der Waals surface area (Å²) in [4.78, 5) is 9.37. The molecular weight excluding hydrogens is 262 g/mol. The monoisotopic (exact) mass is 268 g/mol. The van der Waals surface area contributed by atoms with Crippen LogP contribution < -0.4 is 10.5 Å². The maximum absolute atomic E-state index is 13.5. The predicted molar refractivity (Wildman–Crippen MR) is 59.5 cm³/mol. The Hall–Kier alpha value is -2.84. The van der Waals surface area contributed by atoms with E-state index < -0.39 is 28.0 Å². The standard InChI is InChI=1S/C10H6F2N4O3/c11-5-4-8(6(12)3-7(5)16(17)18)19-10-2-1-9(13)14-15-10/h1-4H,(H2,13,14). The second-order valence-electron chi connectivity index (χ2n) is 3.39. The Morgan fingerprint density at radius 2 is 1.95 bits per heavy atom. The molecule has 0 spiro atoms. The van der Waals surface area contributed by atoms with E-state index in [2.05, 4.69) is 10.2 Å². The summed E-state index contributed by atoms with van der Waals surface area (Å²) in [5, 5.41) is 17.3.